The van der Waals surface area contributed by atoms with Crippen molar-refractivity contribution in [1.29, 1.82) is 0 Å². The van der Waals surface area contributed by atoms with E-state index in [1.54, 1.807) is 0 Å². The van der Waals surface area contributed by atoms with E-state index in [2.05, 4.69) is 15.9 Å². The molecule has 1 aliphatic rings. The van der Waals surface area contributed by atoms with Crippen molar-refractivity contribution >= 4 is 41.6 Å². The number of ether oxygens (including phenoxy) is 1. The van der Waals surface area contributed by atoms with Gasteiger partial charge in [-0.05, 0) is 53.4 Å². The largest absolute Gasteiger partial charge is 0.459 e. The van der Waals surface area contributed by atoms with E-state index in [-0.39, 0.29) is 16.6 Å². The lowest BCUT2D eigenvalue weighted by Crippen LogP contribution is -2.25. The van der Waals surface area contributed by atoms with Crippen molar-refractivity contribution in [1.82, 2.24) is 0 Å². The van der Waals surface area contributed by atoms with Crippen LogP contribution >= 0.6 is 26.6 Å². The van der Waals surface area contributed by atoms with E-state index >= 15 is 0 Å². The van der Waals surface area contributed by atoms with Gasteiger partial charge in [-0.25, -0.2) is 13.2 Å². The van der Waals surface area contributed by atoms with E-state index in [9.17, 15) is 13.2 Å². The number of benzene rings is 1. The molecule has 0 spiro atoms. The van der Waals surface area contributed by atoms with E-state index in [1.165, 1.54) is 18.2 Å². The van der Waals surface area contributed by atoms with Gasteiger partial charge in [0.05, 0.1) is 10.5 Å². The maximum Gasteiger partial charge on any atom is 0.339 e. The van der Waals surface area contributed by atoms with Crippen LogP contribution in [0.3, 0.4) is 0 Å². The highest BCUT2D eigenvalue weighted by molar-refractivity contribution is 9.10. The number of carbonyl (C=O) groups is 1. The zero-order chi connectivity index (χ0) is 13.3. The van der Waals surface area contributed by atoms with E-state index < -0.39 is 15.0 Å². The van der Waals surface area contributed by atoms with E-state index in [0.29, 0.717) is 4.47 Å². The lowest BCUT2D eigenvalue weighted by atomic mass is 9.96. The highest BCUT2D eigenvalue weighted by Gasteiger charge is 2.24. The molecule has 0 amide bonds. The summed E-state index contributed by atoms with van der Waals surface area (Å²) in [6, 6.07) is 4.01. The minimum atomic E-state index is -3.85. The summed E-state index contributed by atoms with van der Waals surface area (Å²) in [5.74, 6) is -0.534. The zero-order valence-corrected chi connectivity index (χ0v) is 12.4. The third kappa shape index (κ3) is 3.05. The third-order valence-corrected chi connectivity index (χ3v) is 4.81. The van der Waals surface area contributed by atoms with Gasteiger partial charge in [-0.2, -0.15) is 0 Å². The second-order valence-electron chi connectivity index (χ2n) is 4.04. The topological polar surface area (TPSA) is 60.4 Å². The molecule has 98 valence electrons. The smallest absolute Gasteiger partial charge is 0.339 e. The molecule has 0 unspecified atom stereocenters. The van der Waals surface area contributed by atoms with Crippen molar-refractivity contribution < 1.29 is 17.9 Å². The molecule has 7 heteroatoms. The van der Waals surface area contributed by atoms with Crippen LogP contribution in [0.2, 0.25) is 0 Å². The molecule has 18 heavy (non-hydrogen) atoms. The van der Waals surface area contributed by atoms with Crippen LogP contribution in [0.25, 0.3) is 0 Å². The molecule has 0 saturated heterocycles. The summed E-state index contributed by atoms with van der Waals surface area (Å²) in [6.07, 6.45) is 2.71. The molecule has 1 aromatic rings. The first-order valence-electron chi connectivity index (χ1n) is 5.33. The first-order valence-corrected chi connectivity index (χ1v) is 8.43. The Morgan fingerprint density at radius 2 is 2.06 bits per heavy atom. The quantitative estimate of drug-likeness (QED) is 0.619. The highest BCUT2D eigenvalue weighted by atomic mass is 79.9. The maximum absolute atomic E-state index is 11.9. The Labute approximate surface area is 118 Å². The molecular formula is C11H10BrClO4S. The van der Waals surface area contributed by atoms with Gasteiger partial charge in [-0.1, -0.05) is 0 Å². The molecule has 4 nitrogen and oxygen atoms in total. The van der Waals surface area contributed by atoms with E-state index in [4.69, 9.17) is 15.4 Å². The Kier molecular flexibility index (Phi) is 3.99. The lowest BCUT2D eigenvalue weighted by molar-refractivity contribution is 0.00888. The number of esters is 1. The minimum Gasteiger partial charge on any atom is -0.459 e. The molecule has 0 aromatic heterocycles. The van der Waals surface area contributed by atoms with Crippen LogP contribution in [0.1, 0.15) is 29.6 Å². The first kappa shape index (κ1) is 13.8. The highest BCUT2D eigenvalue weighted by Crippen LogP contribution is 2.27. The van der Waals surface area contributed by atoms with Gasteiger partial charge in [0, 0.05) is 15.2 Å². The van der Waals surface area contributed by atoms with Crippen LogP contribution in [0.15, 0.2) is 27.6 Å². The van der Waals surface area contributed by atoms with Gasteiger partial charge in [-0.15, -0.1) is 0 Å². The normalized spacial score (nSPS) is 16.1. The molecule has 0 atom stereocenters. The molecular weight excluding hydrogens is 344 g/mol. The molecule has 0 radical (unpaired) electrons. The molecule has 2 rings (SSSR count). The van der Waals surface area contributed by atoms with E-state index in [0.717, 1.165) is 19.3 Å². The van der Waals surface area contributed by atoms with Crippen molar-refractivity contribution in [2.24, 2.45) is 0 Å². The monoisotopic (exact) mass is 352 g/mol. The molecule has 0 heterocycles. The zero-order valence-electron chi connectivity index (χ0n) is 9.23. The summed E-state index contributed by atoms with van der Waals surface area (Å²) in [5.41, 5.74) is 0.170. The summed E-state index contributed by atoms with van der Waals surface area (Å²) in [6.45, 7) is 0. The number of hydrogen-bond donors (Lipinski definition) is 0. The third-order valence-electron chi connectivity index (χ3n) is 2.77. The lowest BCUT2D eigenvalue weighted by Gasteiger charge is -2.25. The molecule has 0 N–H and O–H groups in total. The standard InChI is InChI=1S/C11H10BrClO4S/c12-10-5-4-8(18(13,15)16)6-9(10)11(14)17-7-2-1-3-7/h4-7H,1-3H2. The molecule has 1 aromatic carbocycles. The van der Waals surface area contributed by atoms with Crippen LogP contribution in [0, 0.1) is 0 Å². The fourth-order valence-corrected chi connectivity index (χ4v) is 2.70. The molecule has 1 saturated carbocycles. The summed E-state index contributed by atoms with van der Waals surface area (Å²) < 4.78 is 28.1. The minimum absolute atomic E-state index is 0.0549. The fraction of sp³-hybridized carbons (Fsp3) is 0.364. The molecule has 1 fully saturated rings. The van der Waals surface area contributed by atoms with Crippen molar-refractivity contribution in [2.45, 2.75) is 30.3 Å². The Morgan fingerprint density at radius 1 is 1.39 bits per heavy atom. The van der Waals surface area contributed by atoms with Crippen LogP contribution in [-0.2, 0) is 13.8 Å². The van der Waals surface area contributed by atoms with Gasteiger partial charge < -0.3 is 4.74 Å². The van der Waals surface area contributed by atoms with Crippen molar-refractivity contribution in [3.8, 4) is 0 Å². The summed E-state index contributed by atoms with van der Waals surface area (Å²) >= 11 is 3.19. The summed E-state index contributed by atoms with van der Waals surface area (Å²) in [5, 5.41) is 0. The van der Waals surface area contributed by atoms with Gasteiger partial charge in [0.15, 0.2) is 0 Å². The molecule has 0 aliphatic heterocycles. The van der Waals surface area contributed by atoms with Crippen molar-refractivity contribution in [3.05, 3.63) is 28.2 Å². The van der Waals surface area contributed by atoms with Crippen molar-refractivity contribution in [3.63, 3.8) is 0 Å². The number of hydrogen-bond acceptors (Lipinski definition) is 4. The Hall–Kier alpha value is -0.590. The predicted molar refractivity (Wildman–Crippen MR) is 70.2 cm³/mol. The number of rotatable bonds is 3. The maximum atomic E-state index is 11.9. The second kappa shape index (κ2) is 5.19. The Morgan fingerprint density at radius 3 is 2.56 bits per heavy atom. The van der Waals surface area contributed by atoms with Crippen LogP contribution < -0.4 is 0 Å². The first-order chi connectivity index (χ1) is 8.38. The fourth-order valence-electron chi connectivity index (χ4n) is 1.52. The summed E-state index contributed by atoms with van der Waals surface area (Å²) in [4.78, 5) is 11.7. The van der Waals surface area contributed by atoms with Crippen molar-refractivity contribution in [2.75, 3.05) is 0 Å². The Bertz CT molecular complexity index is 581. The molecule has 1 aliphatic carbocycles. The predicted octanol–water partition coefficient (Wildman–Crippen LogP) is 3.09. The van der Waals surface area contributed by atoms with Gasteiger partial charge in [0.2, 0.25) is 0 Å². The number of halogens is 2. The average molecular weight is 354 g/mol. The Balaban J connectivity index is 2.28. The average Bonchev–Trinajstić information content (AvgIpc) is 2.22. The number of carbonyl (C=O) groups excluding carboxylic acids is 1. The van der Waals surface area contributed by atoms with Crippen LogP contribution in [0.4, 0.5) is 0 Å². The van der Waals surface area contributed by atoms with Crippen LogP contribution in [-0.4, -0.2) is 20.5 Å². The second-order valence-corrected chi connectivity index (χ2v) is 7.46. The van der Waals surface area contributed by atoms with Gasteiger partial charge in [0.25, 0.3) is 9.05 Å². The van der Waals surface area contributed by atoms with Gasteiger partial charge in [-0.3, -0.25) is 0 Å². The van der Waals surface area contributed by atoms with Gasteiger partial charge in [0.1, 0.15) is 6.10 Å². The van der Waals surface area contributed by atoms with Gasteiger partial charge >= 0.3 is 5.97 Å². The molecule has 0 bridgehead atoms. The summed E-state index contributed by atoms with van der Waals surface area (Å²) in [7, 11) is 1.38. The van der Waals surface area contributed by atoms with E-state index in [1.807, 2.05) is 0 Å². The van der Waals surface area contributed by atoms with Crippen LogP contribution in [0.5, 0.6) is 0 Å². The SMILES string of the molecule is O=C(OC1CCC1)c1cc(S(=O)(=O)Cl)ccc1Br.